The van der Waals surface area contributed by atoms with E-state index in [9.17, 15) is 32.8 Å². The molecule has 0 spiro atoms. The zero-order chi connectivity index (χ0) is 24.5. The molecule has 0 bridgehead atoms. The maximum atomic E-state index is 13.9. The normalized spacial score (nSPS) is 16.2. The van der Waals surface area contributed by atoms with Crippen molar-refractivity contribution >= 4 is 5.69 Å². The van der Waals surface area contributed by atoms with Crippen molar-refractivity contribution in [3.8, 4) is 16.9 Å². The summed E-state index contributed by atoms with van der Waals surface area (Å²) >= 11 is 0. The first-order valence-corrected chi connectivity index (χ1v) is 10.4. The fourth-order valence-electron chi connectivity index (χ4n) is 4.06. The molecule has 0 aliphatic carbocycles. The van der Waals surface area contributed by atoms with Crippen LogP contribution in [0.2, 0.25) is 0 Å². The van der Waals surface area contributed by atoms with E-state index in [1.165, 1.54) is 12.1 Å². The number of hydrogen-bond acceptors (Lipinski definition) is 5. The largest absolute Gasteiger partial charge is 0.490 e. The Balaban J connectivity index is 1.43. The number of fused-ring (bicyclic) bond motifs is 1. The third kappa shape index (κ3) is 4.87. The number of aliphatic hydroxyl groups is 1. The molecule has 1 aliphatic heterocycles. The quantitative estimate of drug-likeness (QED) is 0.271. The van der Waals surface area contributed by atoms with Gasteiger partial charge in [-0.2, -0.15) is 13.2 Å². The second-order valence-corrected chi connectivity index (χ2v) is 7.89. The van der Waals surface area contributed by atoms with Gasteiger partial charge in [-0.15, -0.1) is 0 Å². The Labute approximate surface area is 192 Å². The Morgan fingerprint density at radius 1 is 1.15 bits per heavy atom. The molecule has 2 N–H and O–H groups in total. The molecule has 178 valence electrons. The van der Waals surface area contributed by atoms with E-state index in [-0.39, 0.29) is 24.3 Å². The van der Waals surface area contributed by atoms with Crippen molar-refractivity contribution in [1.82, 2.24) is 5.32 Å². The molecule has 0 aromatic heterocycles. The molecule has 1 heterocycles. The van der Waals surface area contributed by atoms with Gasteiger partial charge in [-0.05, 0) is 40.5 Å². The maximum Gasteiger partial charge on any atom is 0.417 e. The van der Waals surface area contributed by atoms with Crippen LogP contribution in [0.15, 0.2) is 60.7 Å². The molecule has 0 radical (unpaired) electrons. The number of halogens is 4. The third-order valence-corrected chi connectivity index (χ3v) is 5.72. The van der Waals surface area contributed by atoms with Crippen LogP contribution < -0.4 is 10.1 Å². The molecule has 0 fully saturated rings. The number of nitrogens with one attached hydrogen (secondary N) is 1. The molecule has 2 atom stereocenters. The summed E-state index contributed by atoms with van der Waals surface area (Å²) in [6.07, 6.45) is -5.25. The number of nitro groups is 1. The first kappa shape index (κ1) is 23.7. The van der Waals surface area contributed by atoms with E-state index in [4.69, 9.17) is 4.74 Å². The average molecular weight is 476 g/mol. The molecule has 0 amide bonds. The topological polar surface area (TPSA) is 84.6 Å². The average Bonchev–Trinajstić information content (AvgIpc) is 3.22. The molecular formula is C24H20F4N2O4. The van der Waals surface area contributed by atoms with Gasteiger partial charge in [0.2, 0.25) is 0 Å². The van der Waals surface area contributed by atoms with Crippen molar-refractivity contribution in [1.29, 1.82) is 0 Å². The van der Waals surface area contributed by atoms with Crippen molar-refractivity contribution in [3.63, 3.8) is 0 Å². The monoisotopic (exact) mass is 476 g/mol. The molecule has 1 aliphatic rings. The van der Waals surface area contributed by atoms with Crippen LogP contribution in [0.5, 0.6) is 5.75 Å². The fraction of sp³-hybridized carbons (Fsp3) is 0.250. The minimum Gasteiger partial charge on any atom is -0.490 e. The molecule has 3 aromatic rings. The molecule has 3 aromatic carbocycles. The number of rotatable bonds is 7. The van der Waals surface area contributed by atoms with Crippen molar-refractivity contribution in [3.05, 3.63) is 93.3 Å². The Bertz CT molecular complexity index is 1220. The highest BCUT2D eigenvalue weighted by atomic mass is 19.4. The summed E-state index contributed by atoms with van der Waals surface area (Å²) in [5.41, 5.74) is 0.950. The summed E-state index contributed by atoms with van der Waals surface area (Å²) in [6.45, 7) is 0.331. The molecule has 0 saturated carbocycles. The van der Waals surface area contributed by atoms with E-state index in [0.717, 1.165) is 35.4 Å². The number of nitrogens with zero attached hydrogens (tertiary/aromatic N) is 1. The highest BCUT2D eigenvalue weighted by Crippen LogP contribution is 2.39. The predicted octanol–water partition coefficient (Wildman–Crippen LogP) is 5.39. The number of non-ortho nitro benzene ring substituents is 1. The molecule has 2 unspecified atom stereocenters. The van der Waals surface area contributed by atoms with Crippen LogP contribution >= 0.6 is 0 Å². The third-order valence-electron chi connectivity index (χ3n) is 5.72. The van der Waals surface area contributed by atoms with E-state index >= 15 is 0 Å². The zero-order valence-corrected chi connectivity index (χ0v) is 17.7. The van der Waals surface area contributed by atoms with E-state index in [0.29, 0.717) is 12.1 Å². The number of aliphatic hydroxyl groups excluding tert-OH is 1. The number of benzene rings is 3. The van der Waals surface area contributed by atoms with E-state index in [1.54, 1.807) is 24.3 Å². The van der Waals surface area contributed by atoms with Gasteiger partial charge >= 0.3 is 6.18 Å². The van der Waals surface area contributed by atoms with Crippen LogP contribution in [-0.2, 0) is 12.7 Å². The molecule has 10 heteroatoms. The molecule has 0 saturated heterocycles. The smallest absolute Gasteiger partial charge is 0.417 e. The van der Waals surface area contributed by atoms with Gasteiger partial charge in [0.15, 0.2) is 11.6 Å². The predicted molar refractivity (Wildman–Crippen MR) is 116 cm³/mol. The summed E-state index contributed by atoms with van der Waals surface area (Å²) in [6, 6.07) is 12.9. The van der Waals surface area contributed by atoms with Gasteiger partial charge in [-0.1, -0.05) is 30.3 Å². The molecule has 4 rings (SSSR count). The lowest BCUT2D eigenvalue weighted by atomic mass is 9.93. The van der Waals surface area contributed by atoms with E-state index in [1.807, 2.05) is 0 Å². The summed E-state index contributed by atoms with van der Waals surface area (Å²) in [4.78, 5) is 9.97. The highest BCUT2D eigenvalue weighted by molar-refractivity contribution is 5.69. The minimum atomic E-state index is -4.48. The second kappa shape index (κ2) is 9.40. The summed E-state index contributed by atoms with van der Waals surface area (Å²) in [5, 5.41) is 24.5. The van der Waals surface area contributed by atoms with E-state index in [2.05, 4.69) is 5.32 Å². The van der Waals surface area contributed by atoms with Crippen molar-refractivity contribution in [2.75, 3.05) is 6.61 Å². The number of alkyl halides is 3. The molecular weight excluding hydrogens is 456 g/mol. The van der Waals surface area contributed by atoms with Crippen LogP contribution in [0, 0.1) is 15.9 Å². The van der Waals surface area contributed by atoms with Crippen molar-refractivity contribution in [2.45, 2.75) is 31.3 Å². The summed E-state index contributed by atoms with van der Waals surface area (Å²) < 4.78 is 59.4. The first-order chi connectivity index (χ1) is 16.1. The van der Waals surface area contributed by atoms with E-state index < -0.39 is 40.3 Å². The maximum absolute atomic E-state index is 13.9. The first-order valence-electron chi connectivity index (χ1n) is 10.4. The van der Waals surface area contributed by atoms with Crippen molar-refractivity contribution < 1.29 is 32.3 Å². The van der Waals surface area contributed by atoms with Gasteiger partial charge in [0.25, 0.3) is 5.69 Å². The van der Waals surface area contributed by atoms with Gasteiger partial charge in [0, 0.05) is 19.0 Å². The number of nitro benzene ring substituents is 1. The Morgan fingerprint density at radius 2 is 1.91 bits per heavy atom. The van der Waals surface area contributed by atoms with Gasteiger partial charge in [0.05, 0.1) is 35.3 Å². The van der Waals surface area contributed by atoms with Crippen molar-refractivity contribution in [2.24, 2.45) is 0 Å². The number of hydrogen-bond donors (Lipinski definition) is 2. The van der Waals surface area contributed by atoms with Gasteiger partial charge < -0.3 is 15.2 Å². The number of ether oxygens (including phenoxy) is 1. The van der Waals surface area contributed by atoms with Crippen LogP contribution in [0.3, 0.4) is 0 Å². The SMILES string of the molecule is O=[N+]([O-])c1ccc(OCCC(O)C2NCc3cc(-c4ccccc4C(F)(F)F)ccc32)c(F)c1. The fourth-order valence-corrected chi connectivity index (χ4v) is 4.06. The Kier molecular flexibility index (Phi) is 6.54. The standard InChI is InChI=1S/C24H20F4N2O4/c25-20-12-16(30(32)33)6-8-22(20)34-10-9-21(31)23-18-7-5-14(11-15(18)13-29-23)17-3-1-2-4-19(17)24(26,27)28/h1-8,11-12,21,23,29,31H,9-10,13H2. The Hall–Kier alpha value is -3.50. The second-order valence-electron chi connectivity index (χ2n) is 7.89. The van der Waals surface area contributed by atoms with Crippen LogP contribution in [0.25, 0.3) is 11.1 Å². The summed E-state index contributed by atoms with van der Waals surface area (Å²) in [7, 11) is 0. The minimum absolute atomic E-state index is 0.0412. The van der Waals surface area contributed by atoms with Crippen LogP contribution in [0.4, 0.5) is 23.2 Å². The van der Waals surface area contributed by atoms with Gasteiger partial charge in [0.1, 0.15) is 0 Å². The van der Waals surface area contributed by atoms with Gasteiger partial charge in [-0.25, -0.2) is 4.39 Å². The lowest BCUT2D eigenvalue weighted by molar-refractivity contribution is -0.385. The van der Waals surface area contributed by atoms with Crippen LogP contribution in [-0.4, -0.2) is 22.7 Å². The Morgan fingerprint density at radius 3 is 2.62 bits per heavy atom. The molecule has 6 nitrogen and oxygen atoms in total. The summed E-state index contributed by atoms with van der Waals surface area (Å²) in [5.74, 6) is -1.04. The van der Waals surface area contributed by atoms with Gasteiger partial charge in [-0.3, -0.25) is 10.1 Å². The van der Waals surface area contributed by atoms with Crippen LogP contribution in [0.1, 0.15) is 29.2 Å². The molecule has 34 heavy (non-hydrogen) atoms. The lowest BCUT2D eigenvalue weighted by Gasteiger charge is -2.20. The lowest BCUT2D eigenvalue weighted by Crippen LogP contribution is -2.28. The highest BCUT2D eigenvalue weighted by Gasteiger charge is 2.34. The zero-order valence-electron chi connectivity index (χ0n) is 17.7.